The number of aromatic nitrogens is 1. The number of carbonyl (C=O) groups excluding carboxylic acids is 2. The fraction of sp³-hybridized carbons (Fsp3) is 0.267. The Hall–Kier alpha value is -2.68. The Morgan fingerprint density at radius 3 is 2.54 bits per heavy atom. The van der Waals surface area contributed by atoms with Crippen LogP contribution < -0.4 is 9.62 Å². The summed E-state index contributed by atoms with van der Waals surface area (Å²) in [5.41, 5.74) is 0.588. The predicted octanol–water partition coefficient (Wildman–Crippen LogP) is 1.59. The molecule has 1 aromatic heterocycles. The van der Waals surface area contributed by atoms with Gasteiger partial charge in [-0.1, -0.05) is 17.3 Å². The molecule has 0 atom stereocenters. The van der Waals surface area contributed by atoms with Crippen molar-refractivity contribution < 1.29 is 22.5 Å². The first-order chi connectivity index (χ1) is 11.2. The van der Waals surface area contributed by atoms with E-state index in [1.54, 1.807) is 19.1 Å². The second-order valence-electron chi connectivity index (χ2n) is 5.25. The predicted molar refractivity (Wildman–Crippen MR) is 88.5 cm³/mol. The van der Waals surface area contributed by atoms with Gasteiger partial charge in [-0.15, -0.1) is 0 Å². The van der Waals surface area contributed by atoms with Crippen LogP contribution in [0.15, 0.2) is 34.9 Å². The molecule has 8 nitrogen and oxygen atoms in total. The van der Waals surface area contributed by atoms with Gasteiger partial charge in [0.2, 0.25) is 15.9 Å². The first-order valence-electron chi connectivity index (χ1n) is 6.98. The number of rotatable bonds is 6. The number of carbonyl (C=O) groups is 2. The van der Waals surface area contributed by atoms with E-state index in [1.165, 1.54) is 25.1 Å². The number of ketones is 1. The van der Waals surface area contributed by atoms with E-state index in [4.69, 9.17) is 4.52 Å². The highest BCUT2D eigenvalue weighted by atomic mass is 32.2. The van der Waals surface area contributed by atoms with Crippen LogP contribution in [0, 0.1) is 6.92 Å². The van der Waals surface area contributed by atoms with Crippen molar-refractivity contribution in [1.29, 1.82) is 0 Å². The highest BCUT2D eigenvalue weighted by molar-refractivity contribution is 7.92. The SMILES string of the molecule is CC(=O)c1cccc(N(CC(=O)Nc2cc(C)on2)S(C)(=O)=O)c1. The summed E-state index contributed by atoms with van der Waals surface area (Å²) in [6.45, 7) is 2.59. The molecule has 24 heavy (non-hydrogen) atoms. The van der Waals surface area contributed by atoms with Crippen molar-refractivity contribution in [3.8, 4) is 0 Å². The van der Waals surface area contributed by atoms with Crippen molar-refractivity contribution in [3.05, 3.63) is 41.7 Å². The van der Waals surface area contributed by atoms with Gasteiger partial charge in [0, 0.05) is 11.6 Å². The van der Waals surface area contributed by atoms with Crippen molar-refractivity contribution in [2.75, 3.05) is 22.4 Å². The third-order valence-corrected chi connectivity index (χ3v) is 4.26. The zero-order valence-corrected chi connectivity index (χ0v) is 14.3. The second-order valence-corrected chi connectivity index (χ2v) is 7.15. The first-order valence-corrected chi connectivity index (χ1v) is 8.83. The summed E-state index contributed by atoms with van der Waals surface area (Å²) in [6, 6.07) is 7.59. The summed E-state index contributed by atoms with van der Waals surface area (Å²) in [5, 5.41) is 6.07. The van der Waals surface area contributed by atoms with Crippen LogP contribution in [0.4, 0.5) is 11.5 Å². The normalized spacial score (nSPS) is 11.1. The van der Waals surface area contributed by atoms with Gasteiger partial charge in [-0.2, -0.15) is 0 Å². The third kappa shape index (κ3) is 4.42. The van der Waals surface area contributed by atoms with E-state index < -0.39 is 22.5 Å². The summed E-state index contributed by atoms with van der Waals surface area (Å²) >= 11 is 0. The Bertz CT molecular complexity index is 873. The number of sulfonamides is 1. The van der Waals surface area contributed by atoms with Crippen LogP contribution in [0.25, 0.3) is 0 Å². The molecule has 2 rings (SSSR count). The van der Waals surface area contributed by atoms with Gasteiger partial charge >= 0.3 is 0 Å². The minimum absolute atomic E-state index is 0.198. The maximum atomic E-state index is 12.1. The third-order valence-electron chi connectivity index (χ3n) is 3.12. The first kappa shape index (κ1) is 17.7. The van der Waals surface area contributed by atoms with Crippen LogP contribution in [-0.4, -0.2) is 38.1 Å². The van der Waals surface area contributed by atoms with Crippen molar-refractivity contribution in [2.24, 2.45) is 0 Å². The van der Waals surface area contributed by atoms with Gasteiger partial charge < -0.3 is 9.84 Å². The summed E-state index contributed by atoms with van der Waals surface area (Å²) in [4.78, 5) is 23.6. The van der Waals surface area contributed by atoms with Crippen molar-refractivity contribution >= 4 is 33.2 Å². The molecule has 1 amide bonds. The molecule has 0 spiro atoms. The van der Waals surface area contributed by atoms with E-state index >= 15 is 0 Å². The van der Waals surface area contributed by atoms with Crippen LogP contribution in [0.1, 0.15) is 23.0 Å². The Labute approximate surface area is 139 Å². The molecule has 0 fully saturated rings. The monoisotopic (exact) mass is 351 g/mol. The Balaban J connectivity index is 2.25. The molecule has 0 aliphatic heterocycles. The molecule has 0 saturated carbocycles. The summed E-state index contributed by atoms with van der Waals surface area (Å²) in [6.07, 6.45) is 0.987. The van der Waals surface area contributed by atoms with Gasteiger partial charge in [0.15, 0.2) is 11.6 Å². The fourth-order valence-electron chi connectivity index (χ4n) is 2.02. The van der Waals surface area contributed by atoms with Crippen LogP contribution in [0.5, 0.6) is 0 Å². The second kappa shape index (κ2) is 6.83. The average molecular weight is 351 g/mol. The minimum atomic E-state index is -3.73. The maximum absolute atomic E-state index is 12.1. The molecular formula is C15H17N3O5S. The fourth-order valence-corrected chi connectivity index (χ4v) is 2.87. The van der Waals surface area contributed by atoms with E-state index in [9.17, 15) is 18.0 Å². The van der Waals surface area contributed by atoms with Gasteiger partial charge in [-0.25, -0.2) is 8.42 Å². The topological polar surface area (TPSA) is 110 Å². The molecule has 2 aromatic rings. The number of Topliss-reactive ketones (excluding diaryl/α,β-unsaturated/α-hetero) is 1. The lowest BCUT2D eigenvalue weighted by molar-refractivity contribution is -0.114. The van der Waals surface area contributed by atoms with Gasteiger partial charge in [-0.3, -0.25) is 13.9 Å². The summed E-state index contributed by atoms with van der Waals surface area (Å²) in [5.74, 6) is -0.0716. The van der Waals surface area contributed by atoms with Crippen LogP contribution in [-0.2, 0) is 14.8 Å². The van der Waals surface area contributed by atoms with Gasteiger partial charge in [0.25, 0.3) is 0 Å². The van der Waals surface area contributed by atoms with E-state index in [1.807, 2.05) is 0 Å². The number of hydrogen-bond acceptors (Lipinski definition) is 6. The van der Waals surface area contributed by atoms with E-state index in [2.05, 4.69) is 10.5 Å². The zero-order chi connectivity index (χ0) is 17.9. The Kier molecular flexibility index (Phi) is 5.03. The lowest BCUT2D eigenvalue weighted by Gasteiger charge is -2.22. The van der Waals surface area contributed by atoms with E-state index in [0.717, 1.165) is 10.6 Å². The zero-order valence-electron chi connectivity index (χ0n) is 13.4. The van der Waals surface area contributed by atoms with Gasteiger partial charge in [0.05, 0.1) is 11.9 Å². The molecule has 0 aliphatic rings. The minimum Gasteiger partial charge on any atom is -0.360 e. The van der Waals surface area contributed by atoms with E-state index in [-0.39, 0.29) is 17.3 Å². The van der Waals surface area contributed by atoms with Crippen LogP contribution >= 0.6 is 0 Å². The number of anilines is 2. The maximum Gasteiger partial charge on any atom is 0.246 e. The summed E-state index contributed by atoms with van der Waals surface area (Å²) < 4.78 is 29.8. The Morgan fingerprint density at radius 2 is 2.00 bits per heavy atom. The smallest absolute Gasteiger partial charge is 0.246 e. The van der Waals surface area contributed by atoms with E-state index in [0.29, 0.717) is 11.3 Å². The Morgan fingerprint density at radius 1 is 1.29 bits per heavy atom. The molecule has 0 aliphatic carbocycles. The molecule has 0 radical (unpaired) electrons. The van der Waals surface area contributed by atoms with Crippen LogP contribution in [0.2, 0.25) is 0 Å². The van der Waals surface area contributed by atoms with Crippen molar-refractivity contribution in [3.63, 3.8) is 0 Å². The molecule has 1 heterocycles. The highest BCUT2D eigenvalue weighted by Gasteiger charge is 2.22. The average Bonchev–Trinajstić information content (AvgIpc) is 2.88. The molecule has 1 aromatic carbocycles. The molecule has 0 unspecified atom stereocenters. The van der Waals surface area contributed by atoms with Crippen molar-refractivity contribution in [2.45, 2.75) is 13.8 Å². The lowest BCUT2D eigenvalue weighted by atomic mass is 10.1. The molecule has 128 valence electrons. The number of benzene rings is 1. The number of hydrogen-bond donors (Lipinski definition) is 1. The molecule has 0 saturated heterocycles. The summed E-state index contributed by atoms with van der Waals surface area (Å²) in [7, 11) is -3.73. The number of nitrogens with zero attached hydrogens (tertiary/aromatic N) is 2. The van der Waals surface area contributed by atoms with Gasteiger partial charge in [0.1, 0.15) is 12.3 Å². The molecular weight excluding hydrogens is 334 g/mol. The molecule has 1 N–H and O–H groups in total. The largest absolute Gasteiger partial charge is 0.360 e. The quantitative estimate of drug-likeness (QED) is 0.792. The lowest BCUT2D eigenvalue weighted by Crippen LogP contribution is -2.37. The number of nitrogens with one attached hydrogen (secondary N) is 1. The van der Waals surface area contributed by atoms with Crippen LogP contribution in [0.3, 0.4) is 0 Å². The molecule has 0 bridgehead atoms. The van der Waals surface area contributed by atoms with Crippen molar-refractivity contribution in [1.82, 2.24) is 5.16 Å². The molecule has 9 heteroatoms. The number of aryl methyl sites for hydroxylation is 1. The number of amides is 1. The van der Waals surface area contributed by atoms with Gasteiger partial charge in [-0.05, 0) is 26.0 Å². The highest BCUT2D eigenvalue weighted by Crippen LogP contribution is 2.19. The standard InChI is InChI=1S/C15H17N3O5S/c1-10-7-14(17-23-10)16-15(20)9-18(24(3,21)22)13-6-4-5-12(8-13)11(2)19/h4-8H,9H2,1-3H3,(H,16,17,20).